The van der Waals surface area contributed by atoms with Crippen molar-refractivity contribution in [2.75, 3.05) is 38.2 Å². The quantitative estimate of drug-likeness (QED) is 0.801. The summed E-state index contributed by atoms with van der Waals surface area (Å²) in [5.74, 6) is 0.282. The van der Waals surface area contributed by atoms with Crippen LogP contribution in [0.15, 0.2) is 42.7 Å². The van der Waals surface area contributed by atoms with Gasteiger partial charge < -0.3 is 9.64 Å². The van der Waals surface area contributed by atoms with E-state index in [2.05, 4.69) is 44.0 Å². The van der Waals surface area contributed by atoms with E-state index >= 15 is 0 Å². The Morgan fingerprint density at radius 3 is 2.75 bits per heavy atom. The molecule has 0 N–H and O–H groups in total. The normalized spacial score (nSPS) is 15.8. The fourth-order valence-corrected chi connectivity index (χ4v) is 2.91. The molecule has 6 nitrogen and oxygen atoms in total. The van der Waals surface area contributed by atoms with Gasteiger partial charge >= 0.3 is 5.97 Å². The molecule has 1 aromatic heterocycles. The van der Waals surface area contributed by atoms with Crippen molar-refractivity contribution in [3.63, 3.8) is 0 Å². The third-order valence-corrected chi connectivity index (χ3v) is 4.18. The number of anilines is 1. The summed E-state index contributed by atoms with van der Waals surface area (Å²) in [5, 5.41) is 0. The summed E-state index contributed by atoms with van der Waals surface area (Å²) in [7, 11) is 1.35. The van der Waals surface area contributed by atoms with Crippen molar-refractivity contribution in [3.05, 3.63) is 54.0 Å². The molecule has 0 spiro atoms. The van der Waals surface area contributed by atoms with Gasteiger partial charge in [-0.25, -0.2) is 9.78 Å². The van der Waals surface area contributed by atoms with Crippen LogP contribution in [-0.4, -0.2) is 54.1 Å². The number of rotatable bonds is 4. The summed E-state index contributed by atoms with van der Waals surface area (Å²) in [6, 6.07) is 10.5. The lowest BCUT2D eigenvalue weighted by Crippen LogP contribution is -2.31. The van der Waals surface area contributed by atoms with Crippen LogP contribution in [0.1, 0.15) is 22.5 Å². The maximum Gasteiger partial charge on any atom is 0.358 e. The maximum absolute atomic E-state index is 11.6. The van der Waals surface area contributed by atoms with Crippen LogP contribution >= 0.6 is 0 Å². The molecule has 2 aromatic rings. The average Bonchev–Trinajstić information content (AvgIpc) is 2.87. The molecule has 0 aliphatic carbocycles. The van der Waals surface area contributed by atoms with E-state index in [9.17, 15) is 4.79 Å². The van der Waals surface area contributed by atoms with Crippen LogP contribution in [0, 0.1) is 0 Å². The molecule has 0 saturated carbocycles. The van der Waals surface area contributed by atoms with Gasteiger partial charge in [0.15, 0.2) is 5.69 Å². The number of methoxy groups -OCH3 is 1. The Morgan fingerprint density at radius 2 is 1.96 bits per heavy atom. The smallest absolute Gasteiger partial charge is 0.358 e. The molecule has 126 valence electrons. The van der Waals surface area contributed by atoms with Crippen LogP contribution in [0.2, 0.25) is 0 Å². The fraction of sp³-hybridized carbons (Fsp3) is 0.389. The van der Waals surface area contributed by atoms with Gasteiger partial charge in [0.05, 0.1) is 19.5 Å². The van der Waals surface area contributed by atoms with Crippen LogP contribution in [0.3, 0.4) is 0 Å². The predicted octanol–water partition coefficient (Wildman–Crippen LogP) is 1.98. The number of hydrogen-bond donors (Lipinski definition) is 0. The van der Waals surface area contributed by atoms with Gasteiger partial charge in [-0.3, -0.25) is 9.88 Å². The number of hydrogen-bond acceptors (Lipinski definition) is 6. The molecule has 24 heavy (non-hydrogen) atoms. The molecule has 1 aliphatic rings. The van der Waals surface area contributed by atoms with E-state index in [1.165, 1.54) is 18.9 Å². The molecule has 0 bridgehead atoms. The van der Waals surface area contributed by atoms with E-state index < -0.39 is 5.97 Å². The second kappa shape index (κ2) is 7.88. The van der Waals surface area contributed by atoms with Gasteiger partial charge in [0.2, 0.25) is 0 Å². The van der Waals surface area contributed by atoms with Crippen molar-refractivity contribution in [3.8, 4) is 0 Å². The van der Waals surface area contributed by atoms with Crippen molar-refractivity contribution < 1.29 is 9.53 Å². The molecule has 0 atom stereocenters. The standard InChI is InChI=1S/C18H22N4O2/c1-24-18(23)16-12-19-13-17(20-16)22-9-5-8-21(10-11-22)14-15-6-3-2-4-7-15/h2-4,6-7,12-13H,5,8-11,14H2,1H3. The van der Waals surface area contributed by atoms with Crippen LogP contribution < -0.4 is 4.90 Å². The molecule has 0 radical (unpaired) electrons. The van der Waals surface area contributed by atoms with Crippen molar-refractivity contribution >= 4 is 11.8 Å². The maximum atomic E-state index is 11.6. The summed E-state index contributed by atoms with van der Waals surface area (Å²) < 4.78 is 4.72. The van der Waals surface area contributed by atoms with Crippen molar-refractivity contribution in [2.24, 2.45) is 0 Å². The lowest BCUT2D eigenvalue weighted by Gasteiger charge is -2.22. The van der Waals surface area contributed by atoms with Gasteiger partial charge in [-0.1, -0.05) is 30.3 Å². The highest BCUT2D eigenvalue weighted by molar-refractivity contribution is 5.87. The fourth-order valence-electron chi connectivity index (χ4n) is 2.91. The predicted molar refractivity (Wildman–Crippen MR) is 91.9 cm³/mol. The third-order valence-electron chi connectivity index (χ3n) is 4.18. The molecule has 6 heteroatoms. The van der Waals surface area contributed by atoms with E-state index in [0.29, 0.717) is 0 Å². The number of ether oxygens (including phenoxy) is 1. The minimum atomic E-state index is -0.454. The topological polar surface area (TPSA) is 58.6 Å². The molecule has 1 saturated heterocycles. The number of carbonyl (C=O) groups excluding carboxylic acids is 1. The first-order chi connectivity index (χ1) is 11.8. The first-order valence-electron chi connectivity index (χ1n) is 8.18. The zero-order valence-corrected chi connectivity index (χ0v) is 13.9. The summed E-state index contributed by atoms with van der Waals surface area (Å²) in [6.07, 6.45) is 4.20. The molecule has 0 unspecified atom stereocenters. The number of esters is 1. The Kier molecular flexibility index (Phi) is 5.38. The van der Waals surface area contributed by atoms with Gasteiger partial charge in [-0.15, -0.1) is 0 Å². The van der Waals surface area contributed by atoms with Crippen LogP contribution in [0.5, 0.6) is 0 Å². The van der Waals surface area contributed by atoms with Crippen molar-refractivity contribution in [1.82, 2.24) is 14.9 Å². The lowest BCUT2D eigenvalue weighted by atomic mass is 10.2. The largest absolute Gasteiger partial charge is 0.464 e. The van der Waals surface area contributed by atoms with E-state index in [1.54, 1.807) is 6.20 Å². The van der Waals surface area contributed by atoms with Gasteiger partial charge in [-0.05, 0) is 12.0 Å². The van der Waals surface area contributed by atoms with Gasteiger partial charge in [0.1, 0.15) is 5.82 Å². The van der Waals surface area contributed by atoms with Gasteiger partial charge in [0.25, 0.3) is 0 Å². The summed E-state index contributed by atoms with van der Waals surface area (Å²) in [6.45, 7) is 4.74. The van der Waals surface area contributed by atoms with E-state index in [1.807, 2.05) is 6.07 Å². The number of carbonyl (C=O) groups is 1. The third kappa shape index (κ3) is 4.08. The Bertz CT molecular complexity index is 678. The Hall–Kier alpha value is -2.47. The summed E-state index contributed by atoms with van der Waals surface area (Å²) >= 11 is 0. The Balaban J connectivity index is 1.64. The lowest BCUT2D eigenvalue weighted by molar-refractivity contribution is 0.0593. The minimum Gasteiger partial charge on any atom is -0.464 e. The second-order valence-electron chi connectivity index (χ2n) is 5.86. The average molecular weight is 326 g/mol. The van der Waals surface area contributed by atoms with Crippen LogP contribution in [-0.2, 0) is 11.3 Å². The highest BCUT2D eigenvalue weighted by Gasteiger charge is 2.18. The van der Waals surface area contributed by atoms with Crippen LogP contribution in [0.25, 0.3) is 0 Å². The highest BCUT2D eigenvalue weighted by atomic mass is 16.5. The minimum absolute atomic E-state index is 0.250. The monoisotopic (exact) mass is 326 g/mol. The van der Waals surface area contributed by atoms with Gasteiger partial charge in [-0.2, -0.15) is 0 Å². The zero-order chi connectivity index (χ0) is 16.8. The molecule has 1 aromatic carbocycles. The highest BCUT2D eigenvalue weighted by Crippen LogP contribution is 2.15. The summed E-state index contributed by atoms with van der Waals surface area (Å²) in [4.78, 5) is 24.8. The Labute approximate surface area is 142 Å². The number of benzene rings is 1. The SMILES string of the molecule is COC(=O)c1cncc(N2CCCN(Cc3ccccc3)CC2)n1. The van der Waals surface area contributed by atoms with E-state index in [-0.39, 0.29) is 5.69 Å². The van der Waals surface area contributed by atoms with Gasteiger partial charge in [0, 0.05) is 32.7 Å². The second-order valence-corrected chi connectivity index (χ2v) is 5.86. The summed E-state index contributed by atoms with van der Waals surface area (Å²) in [5.41, 5.74) is 1.58. The van der Waals surface area contributed by atoms with E-state index in [4.69, 9.17) is 4.74 Å². The number of aromatic nitrogens is 2. The molecule has 1 aliphatic heterocycles. The molecule has 2 heterocycles. The van der Waals surface area contributed by atoms with Crippen molar-refractivity contribution in [2.45, 2.75) is 13.0 Å². The molecular weight excluding hydrogens is 304 g/mol. The van der Waals surface area contributed by atoms with E-state index in [0.717, 1.165) is 45.0 Å². The molecular formula is C18H22N4O2. The first kappa shape index (κ1) is 16.4. The number of nitrogens with zero attached hydrogens (tertiary/aromatic N) is 4. The van der Waals surface area contributed by atoms with Crippen molar-refractivity contribution in [1.29, 1.82) is 0 Å². The first-order valence-corrected chi connectivity index (χ1v) is 8.18. The molecule has 3 rings (SSSR count). The Morgan fingerprint density at radius 1 is 1.12 bits per heavy atom. The zero-order valence-electron chi connectivity index (χ0n) is 13.9. The molecule has 0 amide bonds. The molecule has 1 fully saturated rings. The van der Waals surface area contributed by atoms with Crippen LogP contribution in [0.4, 0.5) is 5.82 Å².